The fourth-order valence-corrected chi connectivity index (χ4v) is 3.80. The highest BCUT2D eigenvalue weighted by atomic mass is 79.9. The van der Waals surface area contributed by atoms with Crippen molar-refractivity contribution in [1.82, 2.24) is 15.8 Å². The molecule has 7 nitrogen and oxygen atoms in total. The molecule has 0 atom stereocenters. The first-order chi connectivity index (χ1) is 13.5. The van der Waals surface area contributed by atoms with Gasteiger partial charge in [-0.2, -0.15) is 0 Å². The normalized spacial score (nSPS) is 20.2. The van der Waals surface area contributed by atoms with Crippen LogP contribution in [-0.4, -0.2) is 27.1 Å². The zero-order valence-electron chi connectivity index (χ0n) is 15.5. The molecule has 1 aromatic heterocycles. The van der Waals surface area contributed by atoms with Crippen LogP contribution < -0.4 is 5.48 Å². The number of aromatic nitrogens is 2. The van der Waals surface area contributed by atoms with Gasteiger partial charge >= 0.3 is 0 Å². The monoisotopic (exact) mass is 452 g/mol. The number of hydrogen-bond donors (Lipinski definition) is 2. The van der Waals surface area contributed by atoms with E-state index in [1.165, 1.54) is 18.2 Å². The van der Waals surface area contributed by atoms with Crippen LogP contribution in [0.25, 0.3) is 0 Å². The molecule has 2 aromatic rings. The number of nitrogens with zero attached hydrogens (tertiary/aromatic N) is 3. The van der Waals surface area contributed by atoms with Gasteiger partial charge in [0.2, 0.25) is 0 Å². The summed E-state index contributed by atoms with van der Waals surface area (Å²) in [7, 11) is 0. The molecular weight excluding hydrogens is 431 g/mol. The Hall–Kier alpha value is -2.13. The highest BCUT2D eigenvalue weighted by Crippen LogP contribution is 2.30. The maximum absolute atomic E-state index is 13.4. The summed E-state index contributed by atoms with van der Waals surface area (Å²) >= 11 is 3.09. The van der Waals surface area contributed by atoms with Gasteiger partial charge < -0.3 is 0 Å². The van der Waals surface area contributed by atoms with E-state index in [4.69, 9.17) is 4.63 Å². The zero-order chi connectivity index (χ0) is 20.1. The van der Waals surface area contributed by atoms with Crippen LogP contribution in [0.1, 0.15) is 50.4 Å². The molecule has 3 rings (SSSR count). The Labute approximate surface area is 170 Å². The molecule has 1 aromatic carbocycles. The van der Waals surface area contributed by atoms with Crippen molar-refractivity contribution >= 4 is 33.2 Å². The van der Waals surface area contributed by atoms with E-state index in [0.29, 0.717) is 23.7 Å². The van der Waals surface area contributed by atoms with E-state index in [2.05, 4.69) is 38.2 Å². The van der Waals surface area contributed by atoms with Gasteiger partial charge in [-0.3, -0.25) is 15.5 Å². The number of ketones is 1. The third-order valence-electron chi connectivity index (χ3n) is 5.05. The molecule has 0 amide bonds. The van der Waals surface area contributed by atoms with Crippen LogP contribution in [0, 0.1) is 17.7 Å². The van der Waals surface area contributed by atoms with Crippen molar-refractivity contribution in [3.63, 3.8) is 0 Å². The van der Waals surface area contributed by atoms with Crippen molar-refractivity contribution in [2.24, 2.45) is 16.8 Å². The lowest BCUT2D eigenvalue weighted by atomic mass is 9.80. The van der Waals surface area contributed by atoms with E-state index >= 15 is 0 Å². The van der Waals surface area contributed by atoms with Crippen LogP contribution in [0.5, 0.6) is 0 Å². The molecule has 1 heterocycles. The second-order valence-electron chi connectivity index (χ2n) is 7.28. The first-order valence-electron chi connectivity index (χ1n) is 9.23. The highest BCUT2D eigenvalue weighted by molar-refractivity contribution is 9.10. The van der Waals surface area contributed by atoms with Gasteiger partial charge in [-0.15, -0.1) is 0 Å². The van der Waals surface area contributed by atoms with Gasteiger partial charge in [-0.1, -0.05) is 24.9 Å². The van der Waals surface area contributed by atoms with Crippen molar-refractivity contribution in [2.75, 3.05) is 0 Å². The van der Waals surface area contributed by atoms with Crippen LogP contribution >= 0.6 is 15.9 Å². The summed E-state index contributed by atoms with van der Waals surface area (Å²) in [6, 6.07) is 4.14. The van der Waals surface area contributed by atoms with Gasteiger partial charge in [0.1, 0.15) is 17.3 Å². The Morgan fingerprint density at radius 2 is 2.11 bits per heavy atom. The van der Waals surface area contributed by atoms with E-state index in [-0.39, 0.29) is 28.2 Å². The van der Waals surface area contributed by atoms with Crippen LogP contribution in [0.4, 0.5) is 10.1 Å². The molecule has 1 aliphatic rings. The predicted molar refractivity (Wildman–Crippen MR) is 104 cm³/mol. The molecule has 1 saturated carbocycles. The van der Waals surface area contributed by atoms with Crippen molar-refractivity contribution in [2.45, 2.75) is 45.4 Å². The fourth-order valence-electron chi connectivity index (χ4n) is 3.43. The third-order valence-corrected chi connectivity index (χ3v) is 5.65. The van der Waals surface area contributed by atoms with Crippen molar-refractivity contribution in [3.05, 3.63) is 39.9 Å². The molecule has 0 spiro atoms. The van der Waals surface area contributed by atoms with Gasteiger partial charge in [0.15, 0.2) is 11.5 Å². The van der Waals surface area contributed by atoms with Gasteiger partial charge in [-0.25, -0.2) is 14.0 Å². The minimum Gasteiger partial charge on any atom is -0.299 e. The molecule has 0 aliphatic heterocycles. The lowest BCUT2D eigenvalue weighted by molar-refractivity contribution is -0.119. The minimum atomic E-state index is -0.427. The number of aliphatic imine (C=N–C) groups is 1. The molecule has 1 aliphatic carbocycles. The zero-order valence-corrected chi connectivity index (χ0v) is 17.1. The van der Waals surface area contributed by atoms with E-state index in [1.54, 1.807) is 0 Å². The summed E-state index contributed by atoms with van der Waals surface area (Å²) < 4.78 is 18.4. The van der Waals surface area contributed by atoms with Crippen LogP contribution in [0.2, 0.25) is 0 Å². The summed E-state index contributed by atoms with van der Waals surface area (Å²) in [5, 5.41) is 17.0. The number of carbonyl (C=O) groups excluding carboxylic acids is 1. The molecule has 0 saturated heterocycles. The summed E-state index contributed by atoms with van der Waals surface area (Å²) in [6.07, 6.45) is 5.02. The largest absolute Gasteiger partial charge is 0.299 e. The van der Waals surface area contributed by atoms with Gasteiger partial charge in [0.25, 0.3) is 0 Å². The first kappa shape index (κ1) is 20.6. The molecule has 9 heteroatoms. The lowest BCUT2D eigenvalue weighted by Gasteiger charge is -2.25. The third kappa shape index (κ3) is 5.23. The summed E-state index contributed by atoms with van der Waals surface area (Å²) in [5.41, 5.74) is 2.78. The van der Waals surface area contributed by atoms with Gasteiger partial charge in [0, 0.05) is 6.42 Å². The summed E-state index contributed by atoms with van der Waals surface area (Å²) in [6.45, 7) is 2.24. The van der Waals surface area contributed by atoms with Crippen LogP contribution in [0.3, 0.4) is 0 Å². The van der Waals surface area contributed by atoms with Crippen molar-refractivity contribution in [1.29, 1.82) is 0 Å². The van der Waals surface area contributed by atoms with Crippen molar-refractivity contribution in [3.8, 4) is 0 Å². The van der Waals surface area contributed by atoms with Crippen LogP contribution in [-0.2, 0) is 11.2 Å². The van der Waals surface area contributed by atoms with Gasteiger partial charge in [-0.05, 0) is 64.0 Å². The molecule has 2 N–H and O–H groups in total. The van der Waals surface area contributed by atoms with E-state index in [0.717, 1.165) is 31.6 Å². The average Bonchev–Trinajstić information content (AvgIpc) is 3.12. The predicted octanol–water partition coefficient (Wildman–Crippen LogP) is 4.36. The number of hydrogen-bond acceptors (Lipinski definition) is 6. The van der Waals surface area contributed by atoms with E-state index in [1.807, 2.05) is 5.48 Å². The standard InChI is InChI=1S/C19H22BrFN4O3/c1-11-2-4-12(5-3-11)8-14(26)10-17-18(25-28-24-17)19(23-27)22-13-6-7-16(21)15(20)9-13/h6-7,9,11-12,27H,2-5,8,10H2,1H3,(H,22,23). The number of carbonyl (C=O) groups is 1. The molecule has 0 unspecified atom stereocenters. The fraction of sp³-hybridized carbons (Fsp3) is 0.474. The first-order valence-corrected chi connectivity index (χ1v) is 10.0. The molecule has 0 radical (unpaired) electrons. The Balaban J connectivity index is 1.71. The molecule has 28 heavy (non-hydrogen) atoms. The molecule has 150 valence electrons. The number of halogens is 2. The van der Waals surface area contributed by atoms with Gasteiger partial charge in [0.05, 0.1) is 16.6 Å². The Morgan fingerprint density at radius 3 is 2.79 bits per heavy atom. The Morgan fingerprint density at radius 1 is 1.36 bits per heavy atom. The van der Waals surface area contributed by atoms with Crippen molar-refractivity contribution < 1.29 is 19.0 Å². The van der Waals surface area contributed by atoms with Crippen LogP contribution in [0.15, 0.2) is 32.3 Å². The Kier molecular flexibility index (Phi) is 6.90. The minimum absolute atomic E-state index is 0.0333. The maximum Gasteiger partial charge on any atom is 0.182 e. The molecular formula is C19H22BrFN4O3. The number of benzene rings is 1. The topological polar surface area (TPSA) is 101 Å². The quantitative estimate of drug-likeness (QED) is 0.383. The Bertz CT molecular complexity index is 863. The second-order valence-corrected chi connectivity index (χ2v) is 8.13. The van der Waals surface area contributed by atoms with E-state index in [9.17, 15) is 14.4 Å². The number of rotatable bonds is 6. The summed E-state index contributed by atoms with van der Waals surface area (Å²) in [5.74, 6) is 0.739. The van der Waals surface area contributed by atoms with E-state index < -0.39 is 5.82 Å². The maximum atomic E-state index is 13.4. The second kappa shape index (κ2) is 9.38. The lowest BCUT2D eigenvalue weighted by Crippen LogP contribution is -2.23. The smallest absolute Gasteiger partial charge is 0.182 e. The number of amidine groups is 1. The number of nitrogens with one attached hydrogen (secondary N) is 1. The number of hydroxylamine groups is 1. The summed E-state index contributed by atoms with van der Waals surface area (Å²) in [4.78, 5) is 16.7. The average molecular weight is 453 g/mol. The molecule has 0 bridgehead atoms. The number of Topliss-reactive ketones (excluding diaryl/α,β-unsaturated/α-hetero) is 1. The SMILES string of the molecule is CC1CCC(CC(=O)Cc2nonc2C(=Nc2ccc(F)c(Br)c2)NO)CC1. The molecule has 1 fully saturated rings. The highest BCUT2D eigenvalue weighted by Gasteiger charge is 2.24.